The maximum Gasteiger partial charge on any atom is 0.0195 e. The molecule has 0 aromatic carbocycles. The van der Waals surface area contributed by atoms with Gasteiger partial charge in [-0.3, -0.25) is 4.90 Å². The van der Waals surface area contributed by atoms with Crippen molar-refractivity contribution < 1.29 is 0 Å². The van der Waals surface area contributed by atoms with E-state index >= 15 is 0 Å². The SMILES string of the molecule is CC(C)N(CC1CCCN1)C(C)CC1CC1. The maximum absolute atomic E-state index is 3.62. The molecule has 2 atom stereocenters. The second-order valence-corrected chi connectivity index (χ2v) is 6.11. The summed E-state index contributed by atoms with van der Waals surface area (Å²) in [5.74, 6) is 1.05. The fourth-order valence-electron chi connectivity index (χ4n) is 3.04. The Morgan fingerprint density at radius 3 is 2.44 bits per heavy atom. The molecule has 1 saturated heterocycles. The zero-order chi connectivity index (χ0) is 11.5. The van der Waals surface area contributed by atoms with Crippen LogP contribution in [0.5, 0.6) is 0 Å². The first kappa shape index (κ1) is 12.4. The molecule has 2 aliphatic rings. The number of hydrogen-bond donors (Lipinski definition) is 1. The minimum absolute atomic E-state index is 0.691. The van der Waals surface area contributed by atoms with Gasteiger partial charge in [0.1, 0.15) is 0 Å². The molecule has 0 spiro atoms. The summed E-state index contributed by atoms with van der Waals surface area (Å²) in [5.41, 5.74) is 0. The van der Waals surface area contributed by atoms with Gasteiger partial charge in [0.15, 0.2) is 0 Å². The van der Waals surface area contributed by atoms with E-state index in [-0.39, 0.29) is 0 Å². The molecule has 2 nitrogen and oxygen atoms in total. The minimum atomic E-state index is 0.691. The van der Waals surface area contributed by atoms with Crippen molar-refractivity contribution in [3.05, 3.63) is 0 Å². The standard InChI is InChI=1S/C14H28N2/c1-11(2)16(10-14-5-4-8-15-14)12(3)9-13-6-7-13/h11-15H,4-10H2,1-3H3. The topological polar surface area (TPSA) is 15.3 Å². The summed E-state index contributed by atoms with van der Waals surface area (Å²) < 4.78 is 0. The predicted octanol–water partition coefficient (Wildman–Crippen LogP) is 2.64. The molecule has 16 heavy (non-hydrogen) atoms. The third-order valence-corrected chi connectivity index (χ3v) is 4.19. The summed E-state index contributed by atoms with van der Waals surface area (Å²) in [6, 6.07) is 2.22. The van der Waals surface area contributed by atoms with Gasteiger partial charge in [-0.25, -0.2) is 0 Å². The van der Waals surface area contributed by atoms with Crippen LogP contribution in [0.1, 0.15) is 52.9 Å². The zero-order valence-corrected chi connectivity index (χ0v) is 11.2. The van der Waals surface area contributed by atoms with E-state index in [1.54, 1.807) is 0 Å². The van der Waals surface area contributed by atoms with Crippen LogP contribution >= 0.6 is 0 Å². The number of rotatable bonds is 6. The van der Waals surface area contributed by atoms with E-state index in [2.05, 4.69) is 31.0 Å². The molecule has 1 N–H and O–H groups in total. The van der Waals surface area contributed by atoms with Crippen LogP contribution in [0, 0.1) is 5.92 Å². The van der Waals surface area contributed by atoms with Crippen molar-refractivity contribution in [1.82, 2.24) is 10.2 Å². The van der Waals surface area contributed by atoms with Crippen LogP contribution in [0.3, 0.4) is 0 Å². The van der Waals surface area contributed by atoms with E-state index in [0.29, 0.717) is 6.04 Å². The van der Waals surface area contributed by atoms with Crippen molar-refractivity contribution in [3.63, 3.8) is 0 Å². The monoisotopic (exact) mass is 224 g/mol. The number of nitrogens with one attached hydrogen (secondary N) is 1. The summed E-state index contributed by atoms with van der Waals surface area (Å²) in [4.78, 5) is 2.71. The number of hydrogen-bond acceptors (Lipinski definition) is 2. The Labute approximate surface area is 101 Å². The van der Waals surface area contributed by atoms with E-state index in [1.807, 2.05) is 0 Å². The quantitative estimate of drug-likeness (QED) is 0.746. The van der Waals surface area contributed by atoms with Crippen molar-refractivity contribution in [1.29, 1.82) is 0 Å². The van der Waals surface area contributed by atoms with Crippen molar-refractivity contribution in [2.24, 2.45) is 5.92 Å². The van der Waals surface area contributed by atoms with Crippen molar-refractivity contribution in [2.75, 3.05) is 13.1 Å². The molecule has 1 aliphatic carbocycles. The highest BCUT2D eigenvalue weighted by molar-refractivity contribution is 4.85. The predicted molar refractivity (Wildman–Crippen MR) is 69.7 cm³/mol. The molecule has 2 heteroatoms. The van der Waals surface area contributed by atoms with Gasteiger partial charge >= 0.3 is 0 Å². The van der Waals surface area contributed by atoms with E-state index in [9.17, 15) is 0 Å². The van der Waals surface area contributed by atoms with Gasteiger partial charge in [-0.1, -0.05) is 12.8 Å². The molecular formula is C14H28N2. The van der Waals surface area contributed by atoms with Crippen LogP contribution < -0.4 is 5.32 Å². The van der Waals surface area contributed by atoms with Crippen LogP contribution in [0.4, 0.5) is 0 Å². The van der Waals surface area contributed by atoms with Crippen LogP contribution in [0.15, 0.2) is 0 Å². The summed E-state index contributed by atoms with van der Waals surface area (Å²) in [5, 5.41) is 3.62. The van der Waals surface area contributed by atoms with E-state index < -0.39 is 0 Å². The van der Waals surface area contributed by atoms with Gasteiger partial charge in [-0.05, 0) is 52.5 Å². The third-order valence-electron chi connectivity index (χ3n) is 4.19. The molecule has 2 rings (SSSR count). The minimum Gasteiger partial charge on any atom is -0.313 e. The van der Waals surface area contributed by atoms with Gasteiger partial charge in [0.05, 0.1) is 0 Å². The molecule has 1 aliphatic heterocycles. The molecule has 94 valence electrons. The van der Waals surface area contributed by atoms with Gasteiger partial charge in [0, 0.05) is 24.7 Å². The van der Waals surface area contributed by atoms with Crippen LogP contribution in [0.2, 0.25) is 0 Å². The van der Waals surface area contributed by atoms with E-state index in [4.69, 9.17) is 0 Å². The fraction of sp³-hybridized carbons (Fsp3) is 1.00. The first-order chi connectivity index (χ1) is 7.66. The molecular weight excluding hydrogens is 196 g/mol. The highest BCUT2D eigenvalue weighted by Crippen LogP contribution is 2.35. The number of nitrogens with zero attached hydrogens (tertiary/aromatic N) is 1. The molecule has 0 aromatic rings. The van der Waals surface area contributed by atoms with Crippen LogP contribution in [-0.2, 0) is 0 Å². The fourth-order valence-corrected chi connectivity index (χ4v) is 3.04. The van der Waals surface area contributed by atoms with Crippen molar-refractivity contribution in [3.8, 4) is 0 Å². The average Bonchev–Trinajstić information content (AvgIpc) is 2.89. The Morgan fingerprint density at radius 2 is 1.94 bits per heavy atom. The molecule has 0 aromatic heterocycles. The lowest BCUT2D eigenvalue weighted by Gasteiger charge is -2.35. The Morgan fingerprint density at radius 1 is 1.19 bits per heavy atom. The largest absolute Gasteiger partial charge is 0.313 e. The summed E-state index contributed by atoms with van der Waals surface area (Å²) >= 11 is 0. The lowest BCUT2D eigenvalue weighted by atomic mass is 10.1. The molecule has 2 unspecified atom stereocenters. The lowest BCUT2D eigenvalue weighted by Crippen LogP contribution is -2.46. The Bertz CT molecular complexity index is 205. The zero-order valence-electron chi connectivity index (χ0n) is 11.2. The lowest BCUT2D eigenvalue weighted by molar-refractivity contribution is 0.138. The van der Waals surface area contributed by atoms with Crippen molar-refractivity contribution >= 4 is 0 Å². The highest BCUT2D eigenvalue weighted by atomic mass is 15.2. The van der Waals surface area contributed by atoms with Gasteiger partial charge in [-0.15, -0.1) is 0 Å². The second-order valence-electron chi connectivity index (χ2n) is 6.11. The summed E-state index contributed by atoms with van der Waals surface area (Å²) in [6.07, 6.45) is 7.13. The summed E-state index contributed by atoms with van der Waals surface area (Å²) in [7, 11) is 0. The molecule has 0 amide bonds. The molecule has 2 fully saturated rings. The molecule has 1 saturated carbocycles. The van der Waals surface area contributed by atoms with E-state index in [1.165, 1.54) is 45.2 Å². The van der Waals surface area contributed by atoms with Gasteiger partial charge < -0.3 is 5.32 Å². The second kappa shape index (κ2) is 5.50. The van der Waals surface area contributed by atoms with Gasteiger partial charge in [-0.2, -0.15) is 0 Å². The smallest absolute Gasteiger partial charge is 0.0195 e. The first-order valence-corrected chi connectivity index (χ1v) is 7.16. The molecule has 0 radical (unpaired) electrons. The van der Waals surface area contributed by atoms with Crippen LogP contribution in [0.25, 0.3) is 0 Å². The maximum atomic E-state index is 3.62. The highest BCUT2D eigenvalue weighted by Gasteiger charge is 2.29. The van der Waals surface area contributed by atoms with Crippen molar-refractivity contribution in [2.45, 2.75) is 71.0 Å². The Kier molecular flexibility index (Phi) is 4.26. The van der Waals surface area contributed by atoms with Gasteiger partial charge in [0.25, 0.3) is 0 Å². The third kappa shape index (κ3) is 3.46. The Balaban J connectivity index is 1.81. The Hall–Kier alpha value is -0.0800. The molecule has 1 heterocycles. The average molecular weight is 224 g/mol. The normalized spacial score (nSPS) is 27.9. The first-order valence-electron chi connectivity index (χ1n) is 7.16. The van der Waals surface area contributed by atoms with E-state index in [0.717, 1.165) is 18.0 Å². The van der Waals surface area contributed by atoms with Crippen LogP contribution in [-0.4, -0.2) is 36.1 Å². The summed E-state index contributed by atoms with van der Waals surface area (Å²) in [6.45, 7) is 9.60. The van der Waals surface area contributed by atoms with Gasteiger partial charge in [0.2, 0.25) is 0 Å². The molecule has 0 bridgehead atoms.